The largest absolute Gasteiger partial charge is 0.350 e. The van der Waals surface area contributed by atoms with Crippen molar-refractivity contribution in [2.45, 2.75) is 33.2 Å². The van der Waals surface area contributed by atoms with Crippen LogP contribution in [0.15, 0.2) is 42.5 Å². The zero-order valence-corrected chi connectivity index (χ0v) is 17.5. The van der Waals surface area contributed by atoms with Crippen LogP contribution in [0.2, 0.25) is 0 Å². The molecule has 0 spiro atoms. The molecule has 7 nitrogen and oxygen atoms in total. The van der Waals surface area contributed by atoms with E-state index >= 15 is 0 Å². The van der Waals surface area contributed by atoms with Crippen LogP contribution in [-0.4, -0.2) is 47.2 Å². The Balaban J connectivity index is 1.60. The van der Waals surface area contributed by atoms with E-state index in [1.54, 1.807) is 32.9 Å². The molecule has 3 rings (SSSR count). The minimum absolute atomic E-state index is 0.203. The van der Waals surface area contributed by atoms with Crippen molar-refractivity contribution >= 4 is 23.6 Å². The van der Waals surface area contributed by atoms with Crippen molar-refractivity contribution in [1.29, 1.82) is 0 Å². The number of nitrogens with zero attached hydrogens (tertiary/aromatic N) is 1. The Hall–Kier alpha value is -3.48. The number of hydrogen-bond donors (Lipinski definition) is 2. The van der Waals surface area contributed by atoms with Gasteiger partial charge in [0.25, 0.3) is 23.6 Å². The molecule has 4 amide bonds. The van der Waals surface area contributed by atoms with E-state index in [9.17, 15) is 19.2 Å². The molecule has 0 unspecified atom stereocenters. The Morgan fingerprint density at radius 2 is 1.47 bits per heavy atom. The predicted octanol–water partition coefficient (Wildman–Crippen LogP) is 2.55. The van der Waals surface area contributed by atoms with Crippen LogP contribution in [0.25, 0.3) is 0 Å². The normalized spacial score (nSPS) is 13.3. The first-order valence-electron chi connectivity index (χ1n) is 9.76. The van der Waals surface area contributed by atoms with Crippen molar-refractivity contribution in [2.75, 3.05) is 13.1 Å². The zero-order chi connectivity index (χ0) is 22.1. The summed E-state index contributed by atoms with van der Waals surface area (Å²) in [5.41, 5.74) is 1.64. The van der Waals surface area contributed by atoms with E-state index in [4.69, 9.17) is 0 Å². The Morgan fingerprint density at radius 3 is 2.10 bits per heavy atom. The summed E-state index contributed by atoms with van der Waals surface area (Å²) >= 11 is 0. The average molecular weight is 407 g/mol. The number of nitrogens with one attached hydrogen (secondary N) is 2. The van der Waals surface area contributed by atoms with Gasteiger partial charge in [-0.15, -0.1) is 0 Å². The number of rotatable bonds is 5. The van der Waals surface area contributed by atoms with Crippen LogP contribution in [0.3, 0.4) is 0 Å². The SMILES string of the molecule is Cc1ccccc1C(=O)NCCNC(=O)c1ccc2c(c1)C(=O)N(C(C)(C)C)C2=O. The highest BCUT2D eigenvalue weighted by Crippen LogP contribution is 2.29. The monoisotopic (exact) mass is 407 g/mol. The van der Waals surface area contributed by atoms with E-state index in [2.05, 4.69) is 10.6 Å². The third kappa shape index (κ3) is 4.10. The summed E-state index contributed by atoms with van der Waals surface area (Å²) in [5.74, 6) is -1.33. The first-order valence-corrected chi connectivity index (χ1v) is 9.76. The van der Waals surface area contributed by atoms with Crippen LogP contribution in [0.1, 0.15) is 67.8 Å². The summed E-state index contributed by atoms with van der Waals surface area (Å²) in [7, 11) is 0. The van der Waals surface area contributed by atoms with Gasteiger partial charge in [0.05, 0.1) is 11.1 Å². The lowest BCUT2D eigenvalue weighted by Crippen LogP contribution is -2.45. The van der Waals surface area contributed by atoms with Gasteiger partial charge in [0, 0.05) is 29.8 Å². The molecule has 0 saturated carbocycles. The van der Waals surface area contributed by atoms with Crippen LogP contribution in [0, 0.1) is 6.92 Å². The van der Waals surface area contributed by atoms with Gasteiger partial charge < -0.3 is 10.6 Å². The van der Waals surface area contributed by atoms with Crippen molar-refractivity contribution in [3.8, 4) is 0 Å². The zero-order valence-electron chi connectivity index (χ0n) is 17.5. The van der Waals surface area contributed by atoms with Gasteiger partial charge in [0.2, 0.25) is 0 Å². The van der Waals surface area contributed by atoms with Gasteiger partial charge >= 0.3 is 0 Å². The van der Waals surface area contributed by atoms with Crippen molar-refractivity contribution in [3.05, 3.63) is 70.3 Å². The smallest absolute Gasteiger partial charge is 0.262 e. The molecule has 0 saturated heterocycles. The van der Waals surface area contributed by atoms with E-state index in [1.165, 1.54) is 23.1 Å². The van der Waals surface area contributed by atoms with Gasteiger partial charge in [-0.25, -0.2) is 0 Å². The molecule has 156 valence electrons. The molecular formula is C23H25N3O4. The van der Waals surface area contributed by atoms with Crippen LogP contribution < -0.4 is 10.6 Å². The maximum absolute atomic E-state index is 12.7. The van der Waals surface area contributed by atoms with Crippen LogP contribution in [0.4, 0.5) is 0 Å². The quantitative estimate of drug-likeness (QED) is 0.588. The van der Waals surface area contributed by atoms with E-state index in [0.717, 1.165) is 5.56 Å². The standard InChI is InChI=1S/C23H25N3O4/c1-14-7-5-6-8-16(14)20(28)25-12-11-24-19(27)15-9-10-17-18(13-15)22(30)26(21(17)29)23(2,3)4/h5-10,13H,11-12H2,1-4H3,(H,24,27)(H,25,28). The molecule has 1 aliphatic rings. The summed E-state index contributed by atoms with van der Waals surface area (Å²) in [6.07, 6.45) is 0. The molecule has 7 heteroatoms. The Labute approximate surface area is 175 Å². The highest BCUT2D eigenvalue weighted by atomic mass is 16.2. The van der Waals surface area contributed by atoms with Crippen LogP contribution >= 0.6 is 0 Å². The lowest BCUT2D eigenvalue weighted by Gasteiger charge is -2.29. The maximum atomic E-state index is 12.7. The molecule has 1 heterocycles. The molecular weight excluding hydrogens is 382 g/mol. The summed E-state index contributed by atoms with van der Waals surface area (Å²) in [5, 5.41) is 5.48. The van der Waals surface area contributed by atoms with Gasteiger partial charge in [0.1, 0.15) is 0 Å². The fourth-order valence-corrected chi connectivity index (χ4v) is 3.37. The number of carbonyl (C=O) groups is 4. The van der Waals surface area contributed by atoms with E-state index in [1.807, 2.05) is 19.1 Å². The molecule has 2 aromatic carbocycles. The topological polar surface area (TPSA) is 95.6 Å². The fourth-order valence-electron chi connectivity index (χ4n) is 3.37. The lowest BCUT2D eigenvalue weighted by molar-refractivity contribution is 0.0507. The molecule has 0 radical (unpaired) electrons. The van der Waals surface area contributed by atoms with Gasteiger partial charge in [-0.3, -0.25) is 24.1 Å². The fraction of sp³-hybridized carbons (Fsp3) is 0.304. The Kier molecular flexibility index (Phi) is 5.73. The predicted molar refractivity (Wildman–Crippen MR) is 113 cm³/mol. The number of imide groups is 1. The highest BCUT2D eigenvalue weighted by molar-refractivity contribution is 6.22. The van der Waals surface area contributed by atoms with E-state index in [0.29, 0.717) is 11.1 Å². The number of amides is 4. The number of benzene rings is 2. The summed E-state index contributed by atoms with van der Waals surface area (Å²) < 4.78 is 0. The van der Waals surface area contributed by atoms with E-state index < -0.39 is 11.4 Å². The molecule has 0 atom stereocenters. The van der Waals surface area contributed by atoms with Crippen molar-refractivity contribution in [3.63, 3.8) is 0 Å². The van der Waals surface area contributed by atoms with Gasteiger partial charge in [-0.2, -0.15) is 0 Å². The maximum Gasteiger partial charge on any atom is 0.262 e. The number of fused-ring (bicyclic) bond motifs is 1. The number of hydrogen-bond acceptors (Lipinski definition) is 4. The molecule has 0 fully saturated rings. The lowest BCUT2D eigenvalue weighted by atomic mass is 10.1. The first-order chi connectivity index (χ1) is 14.1. The van der Waals surface area contributed by atoms with Crippen LogP contribution in [-0.2, 0) is 0 Å². The molecule has 30 heavy (non-hydrogen) atoms. The Morgan fingerprint density at radius 1 is 0.867 bits per heavy atom. The van der Waals surface area contributed by atoms with Crippen molar-refractivity contribution in [1.82, 2.24) is 15.5 Å². The summed E-state index contributed by atoms with van der Waals surface area (Å²) in [4.78, 5) is 51.0. The highest BCUT2D eigenvalue weighted by Gasteiger charge is 2.42. The molecule has 0 aliphatic carbocycles. The average Bonchev–Trinajstić information content (AvgIpc) is 2.95. The van der Waals surface area contributed by atoms with Crippen LogP contribution in [0.5, 0.6) is 0 Å². The van der Waals surface area contributed by atoms with Gasteiger partial charge in [0.15, 0.2) is 0 Å². The second-order valence-electron chi connectivity index (χ2n) is 8.20. The third-order valence-electron chi connectivity index (χ3n) is 4.91. The van der Waals surface area contributed by atoms with Gasteiger partial charge in [-0.05, 0) is 57.5 Å². The molecule has 0 bridgehead atoms. The molecule has 2 aromatic rings. The summed E-state index contributed by atoms with van der Waals surface area (Å²) in [6.45, 7) is 7.71. The van der Waals surface area contributed by atoms with Gasteiger partial charge in [-0.1, -0.05) is 18.2 Å². The number of aryl methyl sites for hydroxylation is 1. The second kappa shape index (κ2) is 8.10. The molecule has 1 aliphatic heterocycles. The summed E-state index contributed by atoms with van der Waals surface area (Å²) in [6, 6.07) is 11.7. The van der Waals surface area contributed by atoms with Crippen molar-refractivity contribution < 1.29 is 19.2 Å². The van der Waals surface area contributed by atoms with Crippen molar-refractivity contribution in [2.24, 2.45) is 0 Å². The van der Waals surface area contributed by atoms with E-state index in [-0.39, 0.29) is 41.9 Å². The minimum Gasteiger partial charge on any atom is -0.350 e. The first kappa shape index (κ1) is 21.2. The number of carbonyl (C=O) groups excluding carboxylic acids is 4. The third-order valence-corrected chi connectivity index (χ3v) is 4.91. The second-order valence-corrected chi connectivity index (χ2v) is 8.20. The molecule has 0 aromatic heterocycles. The Bertz CT molecular complexity index is 1040. The molecule has 2 N–H and O–H groups in total. The minimum atomic E-state index is -0.648.